The molecule has 0 atom stereocenters. The van der Waals surface area contributed by atoms with Crippen LogP contribution in [-0.4, -0.2) is 16.9 Å². The van der Waals surface area contributed by atoms with E-state index >= 15 is 0 Å². The standard InChI is InChI=1S/C23H30N2O/c1-16-13-14-24-21(15-16)17-5-7-18(8-6-17)22(26)25-20-11-9-19(10-12-20)23(2,3)4/h5-8,13-15,19-20H,9-12H2,1-4H3,(H,25,26). The van der Waals surface area contributed by atoms with Crippen LogP contribution in [0.25, 0.3) is 11.3 Å². The van der Waals surface area contributed by atoms with E-state index in [0.717, 1.165) is 35.6 Å². The second-order valence-corrected chi connectivity index (χ2v) is 8.68. The van der Waals surface area contributed by atoms with Gasteiger partial charge >= 0.3 is 0 Å². The Labute approximate surface area is 157 Å². The van der Waals surface area contributed by atoms with Crippen molar-refractivity contribution >= 4 is 5.91 Å². The van der Waals surface area contributed by atoms with Gasteiger partial charge in [0.15, 0.2) is 0 Å². The summed E-state index contributed by atoms with van der Waals surface area (Å²) in [7, 11) is 0. The maximum Gasteiger partial charge on any atom is 0.251 e. The summed E-state index contributed by atoms with van der Waals surface area (Å²) in [5.41, 5.74) is 4.25. The van der Waals surface area contributed by atoms with Crippen molar-refractivity contribution in [3.05, 3.63) is 53.7 Å². The summed E-state index contributed by atoms with van der Waals surface area (Å²) >= 11 is 0. The van der Waals surface area contributed by atoms with Crippen molar-refractivity contribution in [1.29, 1.82) is 0 Å². The van der Waals surface area contributed by atoms with Crippen molar-refractivity contribution in [2.45, 2.75) is 59.4 Å². The lowest BCUT2D eigenvalue weighted by Gasteiger charge is -2.37. The number of nitrogens with one attached hydrogen (secondary N) is 1. The number of carbonyl (C=O) groups is 1. The van der Waals surface area contributed by atoms with Gasteiger partial charge < -0.3 is 5.32 Å². The monoisotopic (exact) mass is 350 g/mol. The van der Waals surface area contributed by atoms with Crippen LogP contribution in [0.1, 0.15) is 62.4 Å². The second-order valence-electron chi connectivity index (χ2n) is 8.68. The topological polar surface area (TPSA) is 42.0 Å². The zero-order valence-corrected chi connectivity index (χ0v) is 16.4. The molecule has 0 unspecified atom stereocenters. The van der Waals surface area contributed by atoms with Gasteiger partial charge in [-0.05, 0) is 73.8 Å². The molecule has 0 aliphatic heterocycles. The molecule has 3 rings (SSSR count). The van der Waals surface area contributed by atoms with E-state index in [2.05, 4.69) is 44.1 Å². The predicted molar refractivity (Wildman–Crippen MR) is 107 cm³/mol. The van der Waals surface area contributed by atoms with Gasteiger partial charge in [-0.3, -0.25) is 9.78 Å². The van der Waals surface area contributed by atoms with Gasteiger partial charge in [0.25, 0.3) is 5.91 Å². The van der Waals surface area contributed by atoms with Crippen LogP contribution in [0, 0.1) is 18.3 Å². The second kappa shape index (κ2) is 7.61. The predicted octanol–water partition coefficient (Wildman–Crippen LogP) is 5.39. The van der Waals surface area contributed by atoms with Crippen LogP contribution in [0.3, 0.4) is 0 Å². The summed E-state index contributed by atoms with van der Waals surface area (Å²) < 4.78 is 0. The van der Waals surface area contributed by atoms with Gasteiger partial charge in [-0.15, -0.1) is 0 Å². The number of rotatable bonds is 3. The molecule has 1 aliphatic carbocycles. The average molecular weight is 351 g/mol. The molecular formula is C23H30N2O. The fourth-order valence-corrected chi connectivity index (χ4v) is 3.86. The van der Waals surface area contributed by atoms with Crippen molar-refractivity contribution in [3.8, 4) is 11.3 Å². The summed E-state index contributed by atoms with van der Waals surface area (Å²) in [5, 5.41) is 3.22. The number of carbonyl (C=O) groups excluding carboxylic acids is 1. The normalized spacial score (nSPS) is 20.6. The SMILES string of the molecule is Cc1ccnc(-c2ccc(C(=O)NC3CCC(C(C)(C)C)CC3)cc2)c1. The Morgan fingerprint density at radius 2 is 1.69 bits per heavy atom. The van der Waals surface area contributed by atoms with E-state index in [1.165, 1.54) is 18.4 Å². The first-order valence-electron chi connectivity index (χ1n) is 9.67. The Balaban J connectivity index is 1.59. The van der Waals surface area contributed by atoms with Gasteiger partial charge in [-0.2, -0.15) is 0 Å². The van der Waals surface area contributed by atoms with Gasteiger partial charge in [0.2, 0.25) is 0 Å². The lowest BCUT2D eigenvalue weighted by atomic mass is 9.71. The van der Waals surface area contributed by atoms with Crippen molar-refractivity contribution in [1.82, 2.24) is 10.3 Å². The fourth-order valence-electron chi connectivity index (χ4n) is 3.86. The van der Waals surface area contributed by atoms with Crippen molar-refractivity contribution in [2.24, 2.45) is 11.3 Å². The summed E-state index contributed by atoms with van der Waals surface area (Å²) in [4.78, 5) is 17.0. The minimum absolute atomic E-state index is 0.0351. The molecule has 0 spiro atoms. The Morgan fingerprint density at radius 1 is 1.04 bits per heavy atom. The first kappa shape index (κ1) is 18.6. The molecule has 1 fully saturated rings. The average Bonchev–Trinajstić information content (AvgIpc) is 2.61. The minimum Gasteiger partial charge on any atom is -0.349 e. The molecule has 138 valence electrons. The third-order valence-electron chi connectivity index (χ3n) is 5.65. The number of amides is 1. The van der Waals surface area contributed by atoms with E-state index in [9.17, 15) is 4.79 Å². The van der Waals surface area contributed by atoms with E-state index in [4.69, 9.17) is 0 Å². The quantitative estimate of drug-likeness (QED) is 0.806. The Hall–Kier alpha value is -2.16. The van der Waals surface area contributed by atoms with E-state index < -0.39 is 0 Å². The number of pyridine rings is 1. The molecule has 26 heavy (non-hydrogen) atoms. The van der Waals surface area contributed by atoms with E-state index in [-0.39, 0.29) is 5.91 Å². The Bertz CT molecular complexity index is 751. The number of aromatic nitrogens is 1. The molecule has 3 heteroatoms. The largest absolute Gasteiger partial charge is 0.349 e. The van der Waals surface area contributed by atoms with E-state index in [0.29, 0.717) is 11.5 Å². The lowest BCUT2D eigenvalue weighted by Crippen LogP contribution is -2.39. The third-order valence-corrected chi connectivity index (χ3v) is 5.65. The van der Waals surface area contributed by atoms with Crippen molar-refractivity contribution < 1.29 is 4.79 Å². The minimum atomic E-state index is 0.0351. The molecule has 2 aromatic rings. The van der Waals surface area contributed by atoms with Gasteiger partial charge in [0, 0.05) is 23.4 Å². The van der Waals surface area contributed by atoms with Crippen LogP contribution in [0.2, 0.25) is 0 Å². The highest BCUT2D eigenvalue weighted by atomic mass is 16.1. The fraction of sp³-hybridized carbons (Fsp3) is 0.478. The summed E-state index contributed by atoms with van der Waals surface area (Å²) in [5.74, 6) is 0.796. The van der Waals surface area contributed by atoms with Crippen LogP contribution in [0.4, 0.5) is 0 Å². The molecule has 1 N–H and O–H groups in total. The van der Waals surface area contributed by atoms with Crippen LogP contribution in [-0.2, 0) is 0 Å². The lowest BCUT2D eigenvalue weighted by molar-refractivity contribution is 0.0904. The molecule has 1 heterocycles. The highest BCUT2D eigenvalue weighted by Crippen LogP contribution is 2.37. The molecule has 0 radical (unpaired) electrons. The number of hydrogen-bond acceptors (Lipinski definition) is 2. The number of hydrogen-bond donors (Lipinski definition) is 1. The molecule has 3 nitrogen and oxygen atoms in total. The number of nitrogens with zero attached hydrogens (tertiary/aromatic N) is 1. The third kappa shape index (κ3) is 4.51. The molecule has 0 bridgehead atoms. The number of benzene rings is 1. The molecule has 1 amide bonds. The number of aryl methyl sites for hydroxylation is 1. The molecular weight excluding hydrogens is 320 g/mol. The first-order chi connectivity index (χ1) is 12.3. The Kier molecular flexibility index (Phi) is 5.45. The van der Waals surface area contributed by atoms with E-state index in [1.54, 1.807) is 0 Å². The van der Waals surface area contributed by atoms with Gasteiger partial charge in [-0.1, -0.05) is 32.9 Å². The molecule has 1 aliphatic rings. The van der Waals surface area contributed by atoms with Crippen LogP contribution in [0.15, 0.2) is 42.6 Å². The van der Waals surface area contributed by atoms with Crippen LogP contribution >= 0.6 is 0 Å². The molecule has 1 aromatic heterocycles. The maximum absolute atomic E-state index is 12.6. The van der Waals surface area contributed by atoms with Crippen LogP contribution < -0.4 is 5.32 Å². The highest BCUT2D eigenvalue weighted by Gasteiger charge is 2.30. The zero-order chi connectivity index (χ0) is 18.7. The summed E-state index contributed by atoms with van der Waals surface area (Å²) in [6, 6.07) is 12.1. The van der Waals surface area contributed by atoms with Gasteiger partial charge in [0.1, 0.15) is 0 Å². The van der Waals surface area contributed by atoms with Crippen LogP contribution in [0.5, 0.6) is 0 Å². The smallest absolute Gasteiger partial charge is 0.251 e. The zero-order valence-electron chi connectivity index (χ0n) is 16.4. The maximum atomic E-state index is 12.6. The van der Waals surface area contributed by atoms with Gasteiger partial charge in [0.05, 0.1) is 5.69 Å². The molecule has 1 aromatic carbocycles. The van der Waals surface area contributed by atoms with Crippen molar-refractivity contribution in [3.63, 3.8) is 0 Å². The van der Waals surface area contributed by atoms with Crippen molar-refractivity contribution in [2.75, 3.05) is 0 Å². The first-order valence-corrected chi connectivity index (χ1v) is 9.67. The summed E-state index contributed by atoms with van der Waals surface area (Å²) in [6.45, 7) is 9.02. The molecule has 1 saturated carbocycles. The Morgan fingerprint density at radius 3 is 2.27 bits per heavy atom. The summed E-state index contributed by atoms with van der Waals surface area (Å²) in [6.07, 6.45) is 6.38. The highest BCUT2D eigenvalue weighted by molar-refractivity contribution is 5.94. The molecule has 0 saturated heterocycles. The van der Waals surface area contributed by atoms with E-state index in [1.807, 2.05) is 36.5 Å². The van der Waals surface area contributed by atoms with Gasteiger partial charge in [-0.25, -0.2) is 0 Å².